The Kier molecular flexibility index (Phi) is 4.21. The van der Waals surface area contributed by atoms with Gasteiger partial charge in [-0.25, -0.2) is 4.98 Å². The Morgan fingerprint density at radius 2 is 2.42 bits per heavy atom. The average molecular weight is 163 g/mol. The lowest BCUT2D eigenvalue weighted by atomic mass is 10.2. The number of nitrogens with zero attached hydrogens (tertiary/aromatic N) is 2. The van der Waals surface area contributed by atoms with Crippen molar-refractivity contribution in [3.63, 3.8) is 0 Å². The number of hydrogen-bond acceptors (Lipinski definition) is 1. The Balaban J connectivity index is 2.14. The summed E-state index contributed by atoms with van der Waals surface area (Å²) in [7, 11) is 0. The minimum absolute atomic E-state index is 1.05. The molecule has 0 N–H and O–H groups in total. The molecular weight excluding hydrogens is 148 g/mol. The molecule has 0 unspecified atom stereocenters. The van der Waals surface area contributed by atoms with Crippen LogP contribution in [0.2, 0.25) is 0 Å². The zero-order valence-electron chi connectivity index (χ0n) is 7.53. The molecule has 1 rings (SSSR count). The van der Waals surface area contributed by atoms with Crippen LogP contribution in [0.25, 0.3) is 6.20 Å². The molecule has 0 aliphatic rings. The molecule has 0 amide bonds. The van der Waals surface area contributed by atoms with Crippen molar-refractivity contribution >= 4 is 6.20 Å². The standard InChI is InChI=1S/C10H15N2/c1-2-3-4-5-6-8-12-9-7-11-10-12/h7-10H,2-5H2,1H3. The third-order valence-electron chi connectivity index (χ3n) is 1.69. The number of imidazole rings is 1. The highest BCUT2D eigenvalue weighted by Gasteiger charge is 1.83. The van der Waals surface area contributed by atoms with Crippen LogP contribution in [0.15, 0.2) is 18.7 Å². The van der Waals surface area contributed by atoms with Crippen molar-refractivity contribution in [3.05, 3.63) is 24.8 Å². The molecule has 0 aliphatic carbocycles. The molecule has 0 spiro atoms. The van der Waals surface area contributed by atoms with Crippen LogP contribution in [0.4, 0.5) is 0 Å². The summed E-state index contributed by atoms with van der Waals surface area (Å²) in [5.41, 5.74) is 0. The maximum atomic E-state index is 3.93. The summed E-state index contributed by atoms with van der Waals surface area (Å²) in [6, 6.07) is 0. The first-order chi connectivity index (χ1) is 5.93. The maximum absolute atomic E-state index is 3.93. The Hall–Kier alpha value is -1.05. The lowest BCUT2D eigenvalue weighted by Gasteiger charge is -1.91. The molecule has 0 saturated carbocycles. The highest BCUT2D eigenvalue weighted by Crippen LogP contribution is 1.99. The van der Waals surface area contributed by atoms with E-state index in [0.717, 1.165) is 6.42 Å². The van der Waals surface area contributed by atoms with Gasteiger partial charge in [0.1, 0.15) is 0 Å². The van der Waals surface area contributed by atoms with Gasteiger partial charge in [0, 0.05) is 18.6 Å². The molecule has 0 aliphatic heterocycles. The van der Waals surface area contributed by atoms with Gasteiger partial charge in [-0.1, -0.05) is 19.8 Å². The molecular formula is C10H15N2. The number of aromatic nitrogens is 2. The molecule has 2 heteroatoms. The van der Waals surface area contributed by atoms with Crippen LogP contribution >= 0.6 is 0 Å². The highest BCUT2D eigenvalue weighted by molar-refractivity contribution is 5.16. The lowest BCUT2D eigenvalue weighted by Crippen LogP contribution is -1.79. The van der Waals surface area contributed by atoms with Gasteiger partial charge in [-0.3, -0.25) is 0 Å². The molecule has 0 saturated heterocycles. The van der Waals surface area contributed by atoms with Gasteiger partial charge in [0.25, 0.3) is 0 Å². The molecule has 65 valence electrons. The third kappa shape index (κ3) is 3.37. The van der Waals surface area contributed by atoms with Gasteiger partial charge in [0.05, 0.1) is 6.33 Å². The molecule has 0 bridgehead atoms. The monoisotopic (exact) mass is 163 g/mol. The van der Waals surface area contributed by atoms with Gasteiger partial charge < -0.3 is 4.57 Å². The fourth-order valence-electron chi connectivity index (χ4n) is 0.993. The first-order valence-electron chi connectivity index (χ1n) is 4.47. The van der Waals surface area contributed by atoms with Gasteiger partial charge >= 0.3 is 0 Å². The summed E-state index contributed by atoms with van der Waals surface area (Å²) in [6.07, 6.45) is 15.5. The van der Waals surface area contributed by atoms with Gasteiger partial charge in [0.2, 0.25) is 0 Å². The normalized spacial score (nSPS) is 11.1. The second-order valence-corrected chi connectivity index (χ2v) is 2.80. The highest BCUT2D eigenvalue weighted by atomic mass is 15.0. The summed E-state index contributed by atoms with van der Waals surface area (Å²) < 4.78 is 1.91. The van der Waals surface area contributed by atoms with E-state index < -0.39 is 0 Å². The molecule has 0 aromatic carbocycles. The van der Waals surface area contributed by atoms with E-state index in [9.17, 15) is 0 Å². The van der Waals surface area contributed by atoms with Crippen LogP contribution in [0.1, 0.15) is 32.6 Å². The first-order valence-corrected chi connectivity index (χ1v) is 4.47. The topological polar surface area (TPSA) is 17.8 Å². The number of rotatable bonds is 5. The molecule has 2 nitrogen and oxygen atoms in total. The summed E-state index contributed by atoms with van der Waals surface area (Å²) in [4.78, 5) is 3.93. The quantitative estimate of drug-likeness (QED) is 0.610. The van der Waals surface area contributed by atoms with Crippen molar-refractivity contribution in [2.24, 2.45) is 0 Å². The Morgan fingerprint density at radius 3 is 3.08 bits per heavy atom. The molecule has 0 fully saturated rings. The zero-order chi connectivity index (χ0) is 8.65. The van der Waals surface area contributed by atoms with Crippen molar-refractivity contribution in [1.29, 1.82) is 0 Å². The van der Waals surface area contributed by atoms with Crippen LogP contribution < -0.4 is 0 Å². The Morgan fingerprint density at radius 1 is 1.50 bits per heavy atom. The Labute approximate surface area is 73.9 Å². The van der Waals surface area contributed by atoms with Gasteiger partial charge in [-0.05, 0) is 18.9 Å². The van der Waals surface area contributed by atoms with Crippen LogP contribution in [0, 0.1) is 6.08 Å². The van der Waals surface area contributed by atoms with E-state index in [1.165, 1.54) is 19.3 Å². The van der Waals surface area contributed by atoms with E-state index in [2.05, 4.69) is 18.0 Å². The average Bonchev–Trinajstić information content (AvgIpc) is 2.57. The van der Waals surface area contributed by atoms with E-state index in [1.807, 2.05) is 17.0 Å². The smallest absolute Gasteiger partial charge is 0.0986 e. The Bertz CT molecular complexity index is 212. The number of unbranched alkanes of at least 4 members (excludes halogenated alkanes) is 3. The van der Waals surface area contributed by atoms with Crippen molar-refractivity contribution in [2.75, 3.05) is 0 Å². The van der Waals surface area contributed by atoms with Crippen molar-refractivity contribution in [3.8, 4) is 0 Å². The number of allylic oxidation sites excluding steroid dienone is 1. The van der Waals surface area contributed by atoms with Gasteiger partial charge in [0.15, 0.2) is 0 Å². The van der Waals surface area contributed by atoms with Crippen molar-refractivity contribution in [2.45, 2.75) is 32.6 Å². The van der Waals surface area contributed by atoms with E-state index in [1.54, 1.807) is 12.5 Å². The van der Waals surface area contributed by atoms with Crippen LogP contribution in [-0.2, 0) is 0 Å². The van der Waals surface area contributed by atoms with Crippen LogP contribution in [0.3, 0.4) is 0 Å². The predicted octanol–water partition coefficient (Wildman–Crippen LogP) is 2.74. The fourth-order valence-corrected chi connectivity index (χ4v) is 0.993. The zero-order valence-corrected chi connectivity index (χ0v) is 7.53. The van der Waals surface area contributed by atoms with E-state index in [-0.39, 0.29) is 0 Å². The molecule has 1 heterocycles. The summed E-state index contributed by atoms with van der Waals surface area (Å²) >= 11 is 0. The molecule has 1 radical (unpaired) electrons. The minimum Gasteiger partial charge on any atom is -0.313 e. The van der Waals surface area contributed by atoms with Crippen molar-refractivity contribution in [1.82, 2.24) is 9.55 Å². The van der Waals surface area contributed by atoms with E-state index in [4.69, 9.17) is 0 Å². The number of hydrogen-bond donors (Lipinski definition) is 0. The summed E-state index contributed by atoms with van der Waals surface area (Å²) in [6.45, 7) is 2.21. The molecule has 1 aromatic heterocycles. The van der Waals surface area contributed by atoms with Crippen LogP contribution in [0.5, 0.6) is 0 Å². The largest absolute Gasteiger partial charge is 0.313 e. The minimum atomic E-state index is 1.05. The second kappa shape index (κ2) is 5.58. The lowest BCUT2D eigenvalue weighted by molar-refractivity contribution is 0.723. The third-order valence-corrected chi connectivity index (χ3v) is 1.69. The molecule has 12 heavy (non-hydrogen) atoms. The maximum Gasteiger partial charge on any atom is 0.0986 e. The molecule has 0 atom stereocenters. The van der Waals surface area contributed by atoms with Gasteiger partial charge in [-0.2, -0.15) is 0 Å². The van der Waals surface area contributed by atoms with E-state index in [0.29, 0.717) is 0 Å². The van der Waals surface area contributed by atoms with Crippen molar-refractivity contribution < 1.29 is 0 Å². The fraction of sp³-hybridized carbons (Fsp3) is 0.500. The SMILES string of the molecule is CCCCC[C]=Cn1ccnc1. The predicted molar refractivity (Wildman–Crippen MR) is 50.4 cm³/mol. The van der Waals surface area contributed by atoms with Crippen LogP contribution in [-0.4, -0.2) is 9.55 Å². The second-order valence-electron chi connectivity index (χ2n) is 2.80. The van der Waals surface area contributed by atoms with E-state index >= 15 is 0 Å². The first kappa shape index (κ1) is 9.04. The molecule has 1 aromatic rings. The van der Waals surface area contributed by atoms with Gasteiger partial charge in [-0.15, -0.1) is 0 Å². The summed E-state index contributed by atoms with van der Waals surface area (Å²) in [5.74, 6) is 0. The summed E-state index contributed by atoms with van der Waals surface area (Å²) in [5, 5.41) is 0.